The molecule has 1 fully saturated rings. The number of aromatic amines is 1. The van der Waals surface area contributed by atoms with Gasteiger partial charge in [0.25, 0.3) is 0 Å². The van der Waals surface area contributed by atoms with E-state index in [2.05, 4.69) is 32.6 Å². The van der Waals surface area contributed by atoms with Gasteiger partial charge in [0.05, 0.1) is 17.9 Å². The molecule has 0 spiro atoms. The lowest BCUT2D eigenvalue weighted by Crippen LogP contribution is -2.45. The van der Waals surface area contributed by atoms with Gasteiger partial charge in [0.2, 0.25) is 0 Å². The normalized spacial score (nSPS) is 20.9. The van der Waals surface area contributed by atoms with Crippen LogP contribution in [0.25, 0.3) is 0 Å². The van der Waals surface area contributed by atoms with Gasteiger partial charge in [0.1, 0.15) is 0 Å². The van der Waals surface area contributed by atoms with Crippen LogP contribution in [-0.2, 0) is 0 Å². The average molecular weight is 195 g/mol. The molecule has 0 bridgehead atoms. The predicted molar refractivity (Wildman–Crippen MR) is 53.9 cm³/mol. The Balaban J connectivity index is 2.04. The molecular weight excluding hydrogens is 178 g/mol. The van der Waals surface area contributed by atoms with Gasteiger partial charge < -0.3 is 5.32 Å². The van der Waals surface area contributed by atoms with Gasteiger partial charge in [0.15, 0.2) is 0 Å². The van der Waals surface area contributed by atoms with E-state index in [0.29, 0.717) is 6.04 Å². The fraction of sp³-hybridized carbons (Fsp3) is 0.778. The van der Waals surface area contributed by atoms with Crippen molar-refractivity contribution in [3.8, 4) is 0 Å². The minimum atomic E-state index is 0.427. The summed E-state index contributed by atoms with van der Waals surface area (Å²) >= 11 is 0. The van der Waals surface area contributed by atoms with Crippen LogP contribution in [0.2, 0.25) is 0 Å². The summed E-state index contributed by atoms with van der Waals surface area (Å²) in [5.74, 6) is 0. The number of aromatic nitrogens is 3. The number of hydrogen-bond donors (Lipinski definition) is 2. The van der Waals surface area contributed by atoms with Crippen LogP contribution in [0.1, 0.15) is 25.1 Å². The van der Waals surface area contributed by atoms with Crippen molar-refractivity contribution in [3.05, 3.63) is 11.9 Å². The molecule has 1 atom stereocenters. The second kappa shape index (κ2) is 4.52. The van der Waals surface area contributed by atoms with Crippen molar-refractivity contribution in [3.63, 3.8) is 0 Å². The van der Waals surface area contributed by atoms with Gasteiger partial charge in [-0.2, -0.15) is 15.4 Å². The summed E-state index contributed by atoms with van der Waals surface area (Å²) in [4.78, 5) is 2.47. The maximum Gasteiger partial charge on any atom is 0.0995 e. The molecule has 0 radical (unpaired) electrons. The summed E-state index contributed by atoms with van der Waals surface area (Å²) in [6.07, 6.45) is 2.92. The second-order valence-electron chi connectivity index (χ2n) is 3.60. The van der Waals surface area contributed by atoms with Crippen molar-refractivity contribution in [2.24, 2.45) is 0 Å². The predicted octanol–water partition coefficient (Wildman–Crippen LogP) is 0.161. The zero-order valence-electron chi connectivity index (χ0n) is 8.53. The van der Waals surface area contributed by atoms with Crippen LogP contribution >= 0.6 is 0 Å². The molecule has 1 aliphatic heterocycles. The molecule has 14 heavy (non-hydrogen) atoms. The number of H-pyrrole nitrogens is 1. The van der Waals surface area contributed by atoms with Gasteiger partial charge in [-0.3, -0.25) is 4.90 Å². The molecule has 1 saturated heterocycles. The highest BCUT2D eigenvalue weighted by atomic mass is 15.3. The van der Waals surface area contributed by atoms with Gasteiger partial charge in [-0.15, -0.1) is 0 Å². The van der Waals surface area contributed by atoms with Crippen LogP contribution in [0.15, 0.2) is 6.20 Å². The van der Waals surface area contributed by atoms with Gasteiger partial charge >= 0.3 is 0 Å². The van der Waals surface area contributed by atoms with Crippen LogP contribution in [0.3, 0.4) is 0 Å². The molecule has 0 aliphatic carbocycles. The molecule has 5 nitrogen and oxygen atoms in total. The third-order valence-electron chi connectivity index (χ3n) is 2.75. The molecule has 1 aromatic rings. The van der Waals surface area contributed by atoms with Crippen molar-refractivity contribution in [2.45, 2.75) is 19.4 Å². The molecule has 1 aromatic heterocycles. The quantitative estimate of drug-likeness (QED) is 0.721. The molecule has 0 amide bonds. The number of hydrogen-bond acceptors (Lipinski definition) is 4. The number of rotatable bonds is 3. The van der Waals surface area contributed by atoms with Gasteiger partial charge in [0, 0.05) is 26.2 Å². The standard InChI is InChI=1S/C9H17N5/c1-2-9(8-7-11-13-12-8)14-5-3-10-4-6-14/h7,9-10H,2-6H2,1H3,(H,11,12,13). The Kier molecular flexibility index (Phi) is 3.10. The maximum atomic E-state index is 4.16. The lowest BCUT2D eigenvalue weighted by molar-refractivity contribution is 0.166. The van der Waals surface area contributed by atoms with Gasteiger partial charge in [-0.25, -0.2) is 0 Å². The minimum Gasteiger partial charge on any atom is -0.314 e. The Labute approximate surface area is 83.9 Å². The summed E-state index contributed by atoms with van der Waals surface area (Å²) in [6.45, 7) is 6.56. The average Bonchev–Trinajstić information content (AvgIpc) is 2.74. The van der Waals surface area contributed by atoms with Crippen LogP contribution in [0, 0.1) is 0 Å². The highest BCUT2D eigenvalue weighted by Crippen LogP contribution is 2.21. The van der Waals surface area contributed by atoms with E-state index in [1.54, 1.807) is 0 Å². The zero-order chi connectivity index (χ0) is 9.80. The second-order valence-corrected chi connectivity index (χ2v) is 3.60. The van der Waals surface area contributed by atoms with Crippen LogP contribution in [0.5, 0.6) is 0 Å². The Hall–Kier alpha value is -0.940. The van der Waals surface area contributed by atoms with Crippen LogP contribution < -0.4 is 5.32 Å². The first-order valence-electron chi connectivity index (χ1n) is 5.22. The monoisotopic (exact) mass is 195 g/mol. The highest BCUT2D eigenvalue weighted by Gasteiger charge is 2.21. The van der Waals surface area contributed by atoms with Crippen molar-refractivity contribution in [1.29, 1.82) is 0 Å². The van der Waals surface area contributed by atoms with Crippen molar-refractivity contribution in [2.75, 3.05) is 26.2 Å². The third kappa shape index (κ3) is 1.93. The number of nitrogens with zero attached hydrogens (tertiary/aromatic N) is 3. The van der Waals surface area contributed by atoms with Crippen LogP contribution in [-0.4, -0.2) is 46.5 Å². The maximum absolute atomic E-state index is 4.16. The molecule has 1 unspecified atom stereocenters. The summed E-state index contributed by atoms with van der Waals surface area (Å²) in [6, 6.07) is 0.427. The van der Waals surface area contributed by atoms with Gasteiger partial charge in [-0.05, 0) is 6.42 Å². The summed E-state index contributed by atoms with van der Waals surface area (Å²) in [5, 5.41) is 14.1. The van der Waals surface area contributed by atoms with E-state index in [-0.39, 0.29) is 0 Å². The molecule has 5 heteroatoms. The number of nitrogens with one attached hydrogen (secondary N) is 2. The van der Waals surface area contributed by atoms with Gasteiger partial charge in [-0.1, -0.05) is 6.92 Å². The first-order valence-corrected chi connectivity index (χ1v) is 5.22. The van der Waals surface area contributed by atoms with E-state index >= 15 is 0 Å². The smallest absolute Gasteiger partial charge is 0.0995 e. The molecule has 0 saturated carbocycles. The fourth-order valence-electron chi connectivity index (χ4n) is 2.02. The van der Waals surface area contributed by atoms with Crippen molar-refractivity contribution >= 4 is 0 Å². The van der Waals surface area contributed by atoms with E-state index in [0.717, 1.165) is 38.3 Å². The highest BCUT2D eigenvalue weighted by molar-refractivity contribution is 5.00. The molecule has 2 rings (SSSR count). The minimum absolute atomic E-state index is 0.427. The molecule has 2 N–H and O–H groups in total. The molecular formula is C9H17N5. The molecule has 2 heterocycles. The SMILES string of the molecule is CCC(c1cn[nH]n1)N1CCNCC1. The largest absolute Gasteiger partial charge is 0.314 e. The Morgan fingerprint density at radius 3 is 2.86 bits per heavy atom. The van der Waals surface area contributed by atoms with Crippen molar-refractivity contribution in [1.82, 2.24) is 25.6 Å². The lowest BCUT2D eigenvalue weighted by Gasteiger charge is -2.33. The van der Waals surface area contributed by atoms with E-state index in [4.69, 9.17) is 0 Å². The lowest BCUT2D eigenvalue weighted by atomic mass is 10.1. The Bertz CT molecular complexity index is 252. The van der Waals surface area contributed by atoms with E-state index < -0.39 is 0 Å². The Morgan fingerprint density at radius 2 is 2.29 bits per heavy atom. The first kappa shape index (κ1) is 9.61. The number of piperazine rings is 1. The summed E-state index contributed by atoms with van der Waals surface area (Å²) in [5.41, 5.74) is 1.06. The third-order valence-corrected chi connectivity index (χ3v) is 2.75. The molecule has 78 valence electrons. The van der Waals surface area contributed by atoms with Crippen LogP contribution in [0.4, 0.5) is 0 Å². The fourth-order valence-corrected chi connectivity index (χ4v) is 2.02. The zero-order valence-corrected chi connectivity index (χ0v) is 8.53. The molecule has 0 aromatic carbocycles. The molecule has 1 aliphatic rings. The van der Waals surface area contributed by atoms with Crippen molar-refractivity contribution < 1.29 is 0 Å². The summed E-state index contributed by atoms with van der Waals surface area (Å²) in [7, 11) is 0. The van der Waals surface area contributed by atoms with E-state index in [1.165, 1.54) is 0 Å². The Morgan fingerprint density at radius 1 is 1.50 bits per heavy atom. The first-order chi connectivity index (χ1) is 6.92. The topological polar surface area (TPSA) is 56.8 Å². The van der Waals surface area contributed by atoms with E-state index in [9.17, 15) is 0 Å². The van der Waals surface area contributed by atoms with E-state index in [1.807, 2.05) is 6.20 Å². The summed E-state index contributed by atoms with van der Waals surface area (Å²) < 4.78 is 0.